The van der Waals surface area contributed by atoms with E-state index in [1.54, 1.807) is 0 Å². The van der Waals surface area contributed by atoms with Crippen molar-refractivity contribution in [2.24, 2.45) is 11.7 Å². The molecule has 5 nitrogen and oxygen atoms in total. The summed E-state index contributed by atoms with van der Waals surface area (Å²) in [5.41, 5.74) is 7.04. The van der Waals surface area contributed by atoms with E-state index in [1.807, 2.05) is 12.1 Å². The van der Waals surface area contributed by atoms with Gasteiger partial charge < -0.3 is 15.0 Å². The van der Waals surface area contributed by atoms with E-state index in [2.05, 4.69) is 26.9 Å². The van der Waals surface area contributed by atoms with Gasteiger partial charge in [-0.2, -0.15) is 0 Å². The molecule has 0 fully saturated rings. The van der Waals surface area contributed by atoms with Crippen LogP contribution in [-0.4, -0.2) is 27.9 Å². The Balaban J connectivity index is 1.71. The molecule has 2 aliphatic rings. The van der Waals surface area contributed by atoms with Crippen LogP contribution in [0.4, 0.5) is 0 Å². The molecule has 0 amide bonds. The number of ether oxygens (including phenoxy) is 1. The lowest BCUT2D eigenvalue weighted by Crippen LogP contribution is -2.27. The van der Waals surface area contributed by atoms with Crippen LogP contribution in [0.15, 0.2) is 24.3 Å². The van der Waals surface area contributed by atoms with Crippen LogP contribution in [0.1, 0.15) is 36.0 Å². The van der Waals surface area contributed by atoms with Gasteiger partial charge in [0.1, 0.15) is 17.4 Å². The summed E-state index contributed by atoms with van der Waals surface area (Å²) in [6.45, 7) is 2.47. The Kier molecular flexibility index (Phi) is 3.15. The van der Waals surface area contributed by atoms with Crippen molar-refractivity contribution < 1.29 is 4.74 Å². The lowest BCUT2D eigenvalue weighted by Gasteiger charge is -2.28. The highest BCUT2D eigenvalue weighted by Crippen LogP contribution is 2.38. The standard InChI is InChI=1S/C16H20N4O/c17-10-11-5-7-20-15(9-11)18-19-16(20)13-6-8-21-14-4-2-1-3-12(13)14/h1-4,11,13H,5-10,17H2. The highest BCUT2D eigenvalue weighted by Gasteiger charge is 2.30. The quantitative estimate of drug-likeness (QED) is 0.912. The molecule has 0 aliphatic carbocycles. The largest absolute Gasteiger partial charge is 0.493 e. The first-order valence-corrected chi connectivity index (χ1v) is 7.70. The second kappa shape index (κ2) is 5.15. The Morgan fingerprint density at radius 1 is 1.24 bits per heavy atom. The highest BCUT2D eigenvalue weighted by atomic mass is 16.5. The normalized spacial score (nSPS) is 24.0. The number of para-hydroxylation sites is 1. The average Bonchev–Trinajstić information content (AvgIpc) is 2.97. The van der Waals surface area contributed by atoms with Crippen LogP contribution in [0, 0.1) is 5.92 Å². The van der Waals surface area contributed by atoms with Crippen LogP contribution in [0.2, 0.25) is 0 Å². The van der Waals surface area contributed by atoms with Crippen molar-refractivity contribution in [2.75, 3.05) is 13.2 Å². The summed E-state index contributed by atoms with van der Waals surface area (Å²) in [5, 5.41) is 8.93. The fourth-order valence-corrected chi connectivity index (χ4v) is 3.48. The summed E-state index contributed by atoms with van der Waals surface area (Å²) in [6, 6.07) is 8.27. The lowest BCUT2D eigenvalue weighted by molar-refractivity contribution is 0.271. The third-order valence-corrected chi connectivity index (χ3v) is 4.69. The first kappa shape index (κ1) is 12.8. The molecule has 110 valence electrons. The van der Waals surface area contributed by atoms with Crippen molar-refractivity contribution >= 4 is 0 Å². The number of aromatic nitrogens is 3. The first-order valence-electron chi connectivity index (χ1n) is 7.70. The summed E-state index contributed by atoms with van der Waals surface area (Å²) >= 11 is 0. The number of hydrogen-bond donors (Lipinski definition) is 1. The number of rotatable bonds is 2. The van der Waals surface area contributed by atoms with Crippen LogP contribution >= 0.6 is 0 Å². The van der Waals surface area contributed by atoms with Crippen LogP contribution in [0.5, 0.6) is 5.75 Å². The molecule has 2 N–H and O–H groups in total. The van der Waals surface area contributed by atoms with Crippen molar-refractivity contribution in [3.05, 3.63) is 41.5 Å². The third-order valence-electron chi connectivity index (χ3n) is 4.69. The minimum Gasteiger partial charge on any atom is -0.493 e. The Labute approximate surface area is 124 Å². The van der Waals surface area contributed by atoms with Gasteiger partial charge in [-0.05, 0) is 31.4 Å². The molecule has 0 spiro atoms. The fourth-order valence-electron chi connectivity index (χ4n) is 3.48. The zero-order valence-electron chi connectivity index (χ0n) is 12.0. The molecule has 2 aromatic rings. The first-order chi connectivity index (χ1) is 10.4. The summed E-state index contributed by atoms with van der Waals surface area (Å²) in [5.74, 6) is 4.02. The van der Waals surface area contributed by atoms with Gasteiger partial charge in [-0.15, -0.1) is 10.2 Å². The molecular formula is C16H20N4O. The van der Waals surface area contributed by atoms with Gasteiger partial charge in [-0.3, -0.25) is 0 Å². The lowest BCUT2D eigenvalue weighted by atomic mass is 9.91. The SMILES string of the molecule is NCC1CCn2c(nnc2C2CCOc3ccccc32)C1. The molecule has 0 radical (unpaired) electrons. The van der Waals surface area contributed by atoms with Gasteiger partial charge in [0.25, 0.3) is 0 Å². The maximum Gasteiger partial charge on any atom is 0.140 e. The Morgan fingerprint density at radius 3 is 3.05 bits per heavy atom. The van der Waals surface area contributed by atoms with Crippen molar-refractivity contribution in [3.8, 4) is 5.75 Å². The molecule has 21 heavy (non-hydrogen) atoms. The molecule has 2 atom stereocenters. The summed E-state index contributed by atoms with van der Waals surface area (Å²) in [4.78, 5) is 0. The predicted octanol–water partition coefficient (Wildman–Crippen LogP) is 1.71. The zero-order chi connectivity index (χ0) is 14.2. The van der Waals surface area contributed by atoms with Gasteiger partial charge in [0.15, 0.2) is 0 Å². The van der Waals surface area contributed by atoms with Crippen LogP contribution in [-0.2, 0) is 13.0 Å². The van der Waals surface area contributed by atoms with E-state index in [0.717, 1.165) is 56.4 Å². The summed E-state index contributed by atoms with van der Waals surface area (Å²) in [6.07, 6.45) is 3.04. The van der Waals surface area contributed by atoms with E-state index in [4.69, 9.17) is 10.5 Å². The molecule has 2 aliphatic heterocycles. The highest BCUT2D eigenvalue weighted by molar-refractivity contribution is 5.41. The maximum absolute atomic E-state index is 5.80. The van der Waals surface area contributed by atoms with Crippen molar-refractivity contribution in [2.45, 2.75) is 31.7 Å². The van der Waals surface area contributed by atoms with Crippen LogP contribution in [0.25, 0.3) is 0 Å². The molecule has 3 heterocycles. The number of nitrogens with zero attached hydrogens (tertiary/aromatic N) is 3. The second-order valence-electron chi connectivity index (χ2n) is 5.95. The Bertz CT molecular complexity index is 651. The minimum absolute atomic E-state index is 0.297. The smallest absolute Gasteiger partial charge is 0.140 e. The van der Waals surface area contributed by atoms with Crippen molar-refractivity contribution in [3.63, 3.8) is 0 Å². The van der Waals surface area contributed by atoms with E-state index in [-0.39, 0.29) is 0 Å². The van der Waals surface area contributed by atoms with E-state index in [1.165, 1.54) is 5.56 Å². The number of nitrogens with two attached hydrogens (primary N) is 1. The van der Waals surface area contributed by atoms with Gasteiger partial charge in [0, 0.05) is 18.5 Å². The molecule has 1 aromatic carbocycles. The minimum atomic E-state index is 0.297. The van der Waals surface area contributed by atoms with Gasteiger partial charge in [0.05, 0.1) is 12.5 Å². The zero-order valence-corrected chi connectivity index (χ0v) is 12.0. The number of benzene rings is 1. The average molecular weight is 284 g/mol. The second-order valence-corrected chi connectivity index (χ2v) is 5.95. The van der Waals surface area contributed by atoms with Gasteiger partial charge in [-0.25, -0.2) is 0 Å². The summed E-state index contributed by atoms with van der Waals surface area (Å²) < 4.78 is 8.06. The van der Waals surface area contributed by atoms with Gasteiger partial charge >= 0.3 is 0 Å². The third kappa shape index (κ3) is 2.12. The predicted molar refractivity (Wildman–Crippen MR) is 79.3 cm³/mol. The van der Waals surface area contributed by atoms with E-state index in [0.29, 0.717) is 11.8 Å². The van der Waals surface area contributed by atoms with Crippen LogP contribution < -0.4 is 10.5 Å². The Hall–Kier alpha value is -1.88. The van der Waals surface area contributed by atoms with E-state index < -0.39 is 0 Å². The molecule has 2 unspecified atom stereocenters. The van der Waals surface area contributed by atoms with E-state index >= 15 is 0 Å². The number of hydrogen-bond acceptors (Lipinski definition) is 4. The molecule has 0 saturated carbocycles. The molecule has 5 heteroatoms. The Morgan fingerprint density at radius 2 is 2.14 bits per heavy atom. The molecule has 1 aromatic heterocycles. The molecule has 0 saturated heterocycles. The van der Waals surface area contributed by atoms with Gasteiger partial charge in [0.2, 0.25) is 0 Å². The molecule has 0 bridgehead atoms. The van der Waals surface area contributed by atoms with Crippen LogP contribution in [0.3, 0.4) is 0 Å². The van der Waals surface area contributed by atoms with E-state index in [9.17, 15) is 0 Å². The van der Waals surface area contributed by atoms with Crippen molar-refractivity contribution in [1.29, 1.82) is 0 Å². The molecular weight excluding hydrogens is 264 g/mol. The topological polar surface area (TPSA) is 66.0 Å². The monoisotopic (exact) mass is 284 g/mol. The van der Waals surface area contributed by atoms with Crippen molar-refractivity contribution in [1.82, 2.24) is 14.8 Å². The fraction of sp³-hybridized carbons (Fsp3) is 0.500. The van der Waals surface area contributed by atoms with Gasteiger partial charge in [-0.1, -0.05) is 18.2 Å². The maximum atomic E-state index is 5.80. The summed E-state index contributed by atoms with van der Waals surface area (Å²) in [7, 11) is 0. The number of fused-ring (bicyclic) bond motifs is 2. The molecule has 4 rings (SSSR count).